The Labute approximate surface area is 75.3 Å². The zero-order valence-corrected chi connectivity index (χ0v) is 6.90. The molecule has 0 aromatic heterocycles. The molecule has 0 saturated carbocycles. The van der Waals surface area contributed by atoms with Crippen LogP contribution in [0.2, 0.25) is 0 Å². The number of hydrogen-bond acceptors (Lipinski definition) is 3. The van der Waals surface area contributed by atoms with E-state index in [-0.39, 0.29) is 5.75 Å². The molecule has 3 heteroatoms. The minimum absolute atomic E-state index is 0.206. The summed E-state index contributed by atoms with van der Waals surface area (Å²) in [6.45, 7) is 0. The lowest BCUT2D eigenvalue weighted by Gasteiger charge is -2.03. The van der Waals surface area contributed by atoms with Crippen LogP contribution >= 0.6 is 0 Å². The number of phenolic OH excluding ortho intramolecular Hbond substituents is 1. The summed E-state index contributed by atoms with van der Waals surface area (Å²) >= 11 is 0. The lowest BCUT2D eigenvalue weighted by Crippen LogP contribution is -2.01. The summed E-state index contributed by atoms with van der Waals surface area (Å²) in [5.74, 6) is 5.85. The third kappa shape index (κ3) is 1.29. The highest BCUT2D eigenvalue weighted by Gasteiger charge is 2.01. The zero-order valence-electron chi connectivity index (χ0n) is 6.90. The Hall–Kier alpha value is -1.74. The van der Waals surface area contributed by atoms with E-state index in [1.807, 2.05) is 18.2 Å². The van der Waals surface area contributed by atoms with E-state index < -0.39 is 0 Å². The lowest BCUT2D eigenvalue weighted by molar-refractivity contribution is 0.338. The quantitative estimate of drug-likeness (QED) is 0.650. The molecule has 0 aliphatic carbocycles. The molecule has 0 spiro atoms. The highest BCUT2D eigenvalue weighted by atomic mass is 16.6. The minimum atomic E-state index is 0.206. The first kappa shape index (κ1) is 7.89. The van der Waals surface area contributed by atoms with Gasteiger partial charge >= 0.3 is 0 Å². The van der Waals surface area contributed by atoms with Crippen LogP contribution in [0.25, 0.3) is 10.8 Å². The molecule has 0 heterocycles. The van der Waals surface area contributed by atoms with Crippen molar-refractivity contribution in [1.82, 2.24) is 0 Å². The van der Waals surface area contributed by atoms with Crippen LogP contribution in [0.4, 0.5) is 0 Å². The van der Waals surface area contributed by atoms with E-state index in [0.717, 1.165) is 10.8 Å². The van der Waals surface area contributed by atoms with E-state index >= 15 is 0 Å². The first-order valence-corrected chi connectivity index (χ1v) is 3.90. The van der Waals surface area contributed by atoms with Crippen LogP contribution in [0.15, 0.2) is 36.4 Å². The van der Waals surface area contributed by atoms with E-state index in [0.29, 0.717) is 5.75 Å². The van der Waals surface area contributed by atoms with E-state index in [1.165, 1.54) is 0 Å². The second-order valence-electron chi connectivity index (χ2n) is 2.78. The van der Waals surface area contributed by atoms with Crippen molar-refractivity contribution in [2.45, 2.75) is 0 Å². The van der Waals surface area contributed by atoms with Crippen LogP contribution in [0.5, 0.6) is 11.5 Å². The Kier molecular flexibility index (Phi) is 1.79. The molecule has 0 amide bonds. The van der Waals surface area contributed by atoms with Gasteiger partial charge in [0.05, 0.1) is 0 Å². The first-order valence-electron chi connectivity index (χ1n) is 3.90. The van der Waals surface area contributed by atoms with Crippen LogP contribution in [-0.4, -0.2) is 5.11 Å². The molecule has 2 aromatic rings. The summed E-state index contributed by atoms with van der Waals surface area (Å²) in [6.07, 6.45) is 0. The molecule has 0 unspecified atom stereocenters. The molecule has 2 aromatic carbocycles. The summed E-state index contributed by atoms with van der Waals surface area (Å²) in [7, 11) is 0. The van der Waals surface area contributed by atoms with E-state index in [4.69, 9.17) is 5.90 Å². The fourth-order valence-electron chi connectivity index (χ4n) is 1.33. The molecule has 0 radical (unpaired) electrons. The van der Waals surface area contributed by atoms with Gasteiger partial charge in [0.2, 0.25) is 0 Å². The molecule has 0 aliphatic heterocycles. The number of nitrogens with two attached hydrogens (primary N) is 1. The molecule has 0 aliphatic rings. The summed E-state index contributed by atoms with van der Waals surface area (Å²) in [5, 5.41) is 11.1. The average molecular weight is 175 g/mol. The van der Waals surface area contributed by atoms with E-state index in [1.54, 1.807) is 18.2 Å². The van der Waals surface area contributed by atoms with Crippen molar-refractivity contribution in [3.05, 3.63) is 36.4 Å². The Morgan fingerprint density at radius 1 is 1.15 bits per heavy atom. The summed E-state index contributed by atoms with van der Waals surface area (Å²) in [4.78, 5) is 4.67. The maximum atomic E-state index is 9.25. The molecule has 2 rings (SSSR count). The molecular formula is C10H9NO2. The predicted molar refractivity (Wildman–Crippen MR) is 50.4 cm³/mol. The molecule has 3 nitrogen and oxygen atoms in total. The number of benzene rings is 2. The van der Waals surface area contributed by atoms with Crippen LogP contribution in [0.1, 0.15) is 0 Å². The number of hydrogen-bond donors (Lipinski definition) is 2. The molecule has 3 N–H and O–H groups in total. The van der Waals surface area contributed by atoms with E-state index in [9.17, 15) is 5.11 Å². The van der Waals surface area contributed by atoms with Gasteiger partial charge in [-0.25, -0.2) is 0 Å². The first-order chi connectivity index (χ1) is 6.31. The van der Waals surface area contributed by atoms with Gasteiger partial charge in [-0.3, -0.25) is 0 Å². The standard InChI is InChI=1S/C10H9NO2/c11-13-10-3-1-2-7-4-5-8(12)6-9(7)10/h1-6,12H,11H2. The Morgan fingerprint density at radius 2 is 2.00 bits per heavy atom. The number of rotatable bonds is 1. The highest BCUT2D eigenvalue weighted by molar-refractivity contribution is 5.89. The average Bonchev–Trinajstić information content (AvgIpc) is 2.17. The Morgan fingerprint density at radius 3 is 2.77 bits per heavy atom. The summed E-state index contributed by atoms with van der Waals surface area (Å²) < 4.78 is 0. The number of fused-ring (bicyclic) bond motifs is 1. The fourth-order valence-corrected chi connectivity index (χ4v) is 1.33. The molecular weight excluding hydrogens is 166 g/mol. The normalized spacial score (nSPS) is 10.2. The predicted octanol–water partition coefficient (Wildman–Crippen LogP) is 1.80. The van der Waals surface area contributed by atoms with Crippen LogP contribution in [-0.2, 0) is 0 Å². The maximum Gasteiger partial charge on any atom is 0.154 e. The van der Waals surface area contributed by atoms with E-state index in [2.05, 4.69) is 4.84 Å². The summed E-state index contributed by atoms with van der Waals surface area (Å²) in [5.41, 5.74) is 0. The van der Waals surface area contributed by atoms with Gasteiger partial charge in [0.25, 0.3) is 0 Å². The monoisotopic (exact) mass is 175 g/mol. The van der Waals surface area contributed by atoms with Crippen molar-refractivity contribution >= 4 is 10.8 Å². The molecule has 0 atom stereocenters. The second kappa shape index (κ2) is 2.95. The van der Waals surface area contributed by atoms with Gasteiger partial charge in [0, 0.05) is 5.39 Å². The Balaban J connectivity index is 2.79. The minimum Gasteiger partial charge on any atom is -0.508 e. The molecule has 0 saturated heterocycles. The molecule has 66 valence electrons. The van der Waals surface area contributed by atoms with Crippen molar-refractivity contribution in [2.75, 3.05) is 0 Å². The smallest absolute Gasteiger partial charge is 0.154 e. The van der Waals surface area contributed by atoms with Gasteiger partial charge in [0.1, 0.15) is 5.75 Å². The molecule has 0 bridgehead atoms. The second-order valence-corrected chi connectivity index (χ2v) is 2.78. The van der Waals surface area contributed by atoms with Crippen molar-refractivity contribution in [1.29, 1.82) is 0 Å². The van der Waals surface area contributed by atoms with Crippen molar-refractivity contribution in [3.8, 4) is 11.5 Å². The number of phenols is 1. The van der Waals surface area contributed by atoms with Crippen LogP contribution < -0.4 is 10.7 Å². The van der Waals surface area contributed by atoms with Gasteiger partial charge in [-0.1, -0.05) is 18.2 Å². The van der Waals surface area contributed by atoms with Crippen LogP contribution in [0, 0.1) is 0 Å². The van der Waals surface area contributed by atoms with Gasteiger partial charge < -0.3 is 9.94 Å². The van der Waals surface area contributed by atoms with Crippen molar-refractivity contribution < 1.29 is 9.94 Å². The largest absolute Gasteiger partial charge is 0.508 e. The fraction of sp³-hybridized carbons (Fsp3) is 0. The van der Waals surface area contributed by atoms with Gasteiger partial charge in [0.15, 0.2) is 5.75 Å². The molecule has 13 heavy (non-hydrogen) atoms. The lowest BCUT2D eigenvalue weighted by atomic mass is 10.1. The topological polar surface area (TPSA) is 55.5 Å². The zero-order chi connectivity index (χ0) is 9.26. The highest BCUT2D eigenvalue weighted by Crippen LogP contribution is 2.27. The third-order valence-electron chi connectivity index (χ3n) is 1.95. The third-order valence-corrected chi connectivity index (χ3v) is 1.95. The number of aromatic hydroxyl groups is 1. The summed E-state index contributed by atoms with van der Waals surface area (Å²) in [6, 6.07) is 10.6. The SMILES string of the molecule is NOc1cccc2ccc(O)cc12. The van der Waals surface area contributed by atoms with Crippen molar-refractivity contribution in [2.24, 2.45) is 5.90 Å². The Bertz CT molecular complexity index is 440. The van der Waals surface area contributed by atoms with Gasteiger partial charge in [-0.2, -0.15) is 5.90 Å². The van der Waals surface area contributed by atoms with Crippen molar-refractivity contribution in [3.63, 3.8) is 0 Å². The van der Waals surface area contributed by atoms with Crippen LogP contribution in [0.3, 0.4) is 0 Å². The molecule has 0 fully saturated rings. The van der Waals surface area contributed by atoms with Gasteiger partial charge in [-0.15, -0.1) is 0 Å². The van der Waals surface area contributed by atoms with Gasteiger partial charge in [-0.05, 0) is 23.6 Å². The maximum absolute atomic E-state index is 9.25.